The van der Waals surface area contributed by atoms with Crippen LogP contribution in [0, 0.1) is 0 Å². The number of nitrogens with one attached hydrogen (secondary N) is 1. The molecule has 0 aliphatic carbocycles. The molecule has 1 aromatic carbocycles. The average molecular weight is 455 g/mol. The zero-order valence-electron chi connectivity index (χ0n) is 7.68. The third-order valence-electron chi connectivity index (χ3n) is 1.66. The maximum Gasteiger partial charge on any atom is 0.416 e. The maximum absolute atomic E-state index is 12.3. The predicted octanol–water partition coefficient (Wildman–Crippen LogP) is 3.84. The molecule has 0 aromatic heterocycles. The zero-order valence-corrected chi connectivity index (χ0v) is 12.0. The van der Waals surface area contributed by atoms with Gasteiger partial charge in [-0.2, -0.15) is 13.2 Å². The third kappa shape index (κ3) is 4.07. The Morgan fingerprint density at radius 1 is 1.31 bits per heavy atom. The Kier molecular flexibility index (Phi) is 4.83. The zero-order chi connectivity index (χ0) is 12.3. The molecule has 0 fully saturated rings. The molecule has 1 aromatic rings. The van der Waals surface area contributed by atoms with Crippen molar-refractivity contribution in [3.63, 3.8) is 0 Å². The second kappa shape index (κ2) is 5.52. The molecule has 0 saturated heterocycles. The normalized spacial score (nSPS) is 11.6. The number of carbonyl (C=O) groups excluding carboxylic acids is 1. The Balaban J connectivity index is 2.88. The molecule has 0 unspecified atom stereocenters. The van der Waals surface area contributed by atoms with Gasteiger partial charge < -0.3 is 5.32 Å². The van der Waals surface area contributed by atoms with Crippen molar-refractivity contribution in [1.29, 1.82) is 0 Å². The summed E-state index contributed by atoms with van der Waals surface area (Å²) in [6, 6.07) is 4.55. The van der Waals surface area contributed by atoms with Crippen molar-refractivity contribution in [2.45, 2.75) is 8.11 Å². The first-order chi connectivity index (χ1) is 7.30. The minimum Gasteiger partial charge on any atom is -0.324 e. The van der Waals surface area contributed by atoms with Gasteiger partial charge in [-0.3, -0.25) is 4.79 Å². The molecule has 0 heterocycles. The maximum atomic E-state index is 12.3. The molecule has 0 saturated carbocycles. The quantitative estimate of drug-likeness (QED) is 0.534. The van der Waals surface area contributed by atoms with Crippen molar-refractivity contribution < 1.29 is 18.0 Å². The van der Waals surface area contributed by atoms with Crippen LogP contribution in [0.2, 0.25) is 0 Å². The van der Waals surface area contributed by atoms with Crippen molar-refractivity contribution in [3.8, 4) is 0 Å². The number of amides is 1. The second-order valence-electron chi connectivity index (χ2n) is 2.87. The van der Waals surface area contributed by atoms with E-state index in [4.69, 9.17) is 0 Å². The summed E-state index contributed by atoms with van der Waals surface area (Å²) < 4.78 is 36.7. The lowest BCUT2D eigenvalue weighted by molar-refractivity contribution is -0.137. The van der Waals surface area contributed by atoms with Crippen LogP contribution in [-0.4, -0.2) is 7.84 Å². The smallest absolute Gasteiger partial charge is 0.324 e. The third-order valence-corrected chi connectivity index (χ3v) is 2.79. The number of rotatable bonds is 2. The van der Waals surface area contributed by atoms with E-state index in [1.54, 1.807) is 0 Å². The van der Waals surface area contributed by atoms with Crippen LogP contribution in [0.4, 0.5) is 18.9 Å². The van der Waals surface area contributed by atoms with Crippen LogP contribution in [-0.2, 0) is 11.0 Å². The largest absolute Gasteiger partial charge is 0.416 e. The molecule has 88 valence electrons. The van der Waals surface area contributed by atoms with E-state index >= 15 is 0 Å². The van der Waals surface area contributed by atoms with E-state index in [9.17, 15) is 18.0 Å². The molecule has 0 radical (unpaired) electrons. The molecule has 1 rings (SSSR count). The lowest BCUT2D eigenvalue weighted by Gasteiger charge is -2.10. The molecular formula is C9H6F3I2NO. The fraction of sp³-hybridized carbons (Fsp3) is 0.222. The molecule has 1 amide bonds. The van der Waals surface area contributed by atoms with Crippen LogP contribution in [0.25, 0.3) is 0 Å². The molecule has 1 N–H and O–H groups in total. The Morgan fingerprint density at radius 3 is 2.44 bits per heavy atom. The van der Waals surface area contributed by atoms with Gasteiger partial charge in [0.25, 0.3) is 0 Å². The molecule has 0 bridgehead atoms. The first-order valence-corrected chi connectivity index (χ1v) is 6.56. The molecule has 7 heteroatoms. The minimum atomic E-state index is -4.39. The number of hydrogen-bond acceptors (Lipinski definition) is 1. The number of carbonyl (C=O) groups is 1. The highest BCUT2D eigenvalue weighted by molar-refractivity contribution is 14.2. The summed E-state index contributed by atoms with van der Waals surface area (Å²) in [4.78, 5) is 11.3. The SMILES string of the molecule is O=C(Nc1cccc(C(F)(F)F)c1)C(I)I. The molecule has 0 atom stereocenters. The monoisotopic (exact) mass is 455 g/mol. The number of anilines is 1. The summed E-state index contributed by atoms with van der Waals surface area (Å²) >= 11 is 3.74. The van der Waals surface area contributed by atoms with Gasteiger partial charge in [-0.25, -0.2) is 0 Å². The lowest BCUT2D eigenvalue weighted by atomic mass is 10.2. The second-order valence-corrected chi connectivity index (χ2v) is 7.74. The fourth-order valence-electron chi connectivity index (χ4n) is 0.970. The van der Waals surface area contributed by atoms with E-state index in [0.717, 1.165) is 12.1 Å². The summed E-state index contributed by atoms with van der Waals surface area (Å²) in [5, 5.41) is 2.40. The van der Waals surface area contributed by atoms with Crippen molar-refractivity contribution in [2.75, 3.05) is 5.32 Å². The molecule has 16 heavy (non-hydrogen) atoms. The van der Waals surface area contributed by atoms with Crippen LogP contribution in [0.15, 0.2) is 24.3 Å². The van der Waals surface area contributed by atoms with Crippen LogP contribution in [0.1, 0.15) is 5.56 Å². The van der Waals surface area contributed by atoms with Gasteiger partial charge in [-0.15, -0.1) is 0 Å². The summed E-state index contributed by atoms with van der Waals surface area (Å²) in [6.45, 7) is 0. The van der Waals surface area contributed by atoms with E-state index in [2.05, 4.69) is 5.32 Å². The van der Waals surface area contributed by atoms with E-state index in [1.807, 2.05) is 45.2 Å². The molecular weight excluding hydrogens is 449 g/mol. The van der Waals surface area contributed by atoms with Gasteiger partial charge in [0, 0.05) is 5.69 Å². The van der Waals surface area contributed by atoms with Gasteiger partial charge in [-0.05, 0) is 18.2 Å². The molecule has 0 spiro atoms. The fourth-order valence-corrected chi connectivity index (χ4v) is 1.28. The van der Waals surface area contributed by atoms with Gasteiger partial charge >= 0.3 is 6.18 Å². The summed E-state index contributed by atoms with van der Waals surface area (Å²) in [5.41, 5.74) is -0.623. The lowest BCUT2D eigenvalue weighted by Crippen LogP contribution is -2.18. The first-order valence-electron chi connectivity index (χ1n) is 4.07. The van der Waals surface area contributed by atoms with Crippen molar-refractivity contribution in [1.82, 2.24) is 0 Å². The number of benzene rings is 1. The highest BCUT2D eigenvalue weighted by Crippen LogP contribution is 2.30. The van der Waals surface area contributed by atoms with Gasteiger partial charge in [0.15, 0.2) is 0 Å². The van der Waals surface area contributed by atoms with E-state index in [0.29, 0.717) is 0 Å². The van der Waals surface area contributed by atoms with Crippen LogP contribution >= 0.6 is 45.2 Å². The molecule has 2 nitrogen and oxygen atoms in total. The van der Waals surface area contributed by atoms with Crippen molar-refractivity contribution >= 4 is 56.8 Å². The summed E-state index contributed by atoms with van der Waals surface area (Å²) in [6.07, 6.45) is -4.39. The Labute approximate surface area is 117 Å². The first kappa shape index (κ1) is 14.0. The van der Waals surface area contributed by atoms with Crippen LogP contribution in [0.3, 0.4) is 0 Å². The van der Waals surface area contributed by atoms with E-state index in [1.165, 1.54) is 12.1 Å². The van der Waals surface area contributed by atoms with E-state index < -0.39 is 11.7 Å². The topological polar surface area (TPSA) is 29.1 Å². The summed E-state index contributed by atoms with van der Waals surface area (Å²) in [5.74, 6) is -0.333. The van der Waals surface area contributed by atoms with Gasteiger partial charge in [-0.1, -0.05) is 51.2 Å². The summed E-state index contributed by atoms with van der Waals surface area (Å²) in [7, 11) is 0. The number of halogens is 5. The van der Waals surface area contributed by atoms with Crippen molar-refractivity contribution in [3.05, 3.63) is 29.8 Å². The van der Waals surface area contributed by atoms with Crippen LogP contribution in [0.5, 0.6) is 0 Å². The van der Waals surface area contributed by atoms with Crippen molar-refractivity contribution in [2.24, 2.45) is 0 Å². The highest BCUT2D eigenvalue weighted by Gasteiger charge is 2.30. The Morgan fingerprint density at radius 2 is 1.94 bits per heavy atom. The number of hydrogen-bond donors (Lipinski definition) is 1. The van der Waals surface area contributed by atoms with E-state index in [-0.39, 0.29) is 13.5 Å². The predicted molar refractivity (Wildman–Crippen MR) is 71.9 cm³/mol. The highest BCUT2D eigenvalue weighted by atomic mass is 127. The minimum absolute atomic E-state index is 0.151. The number of alkyl halides is 5. The standard InChI is InChI=1S/C9H6F3I2NO/c10-9(11,12)5-2-1-3-6(4-5)15-8(16)7(13)14/h1-4,7H,(H,15,16). The van der Waals surface area contributed by atoms with Gasteiger partial charge in [0.1, 0.15) is 1.93 Å². The van der Waals surface area contributed by atoms with Crippen LogP contribution < -0.4 is 5.32 Å². The van der Waals surface area contributed by atoms with Gasteiger partial charge in [0.2, 0.25) is 5.91 Å². The molecule has 0 aliphatic rings. The molecule has 0 aliphatic heterocycles. The average Bonchev–Trinajstić information content (AvgIpc) is 2.16. The van der Waals surface area contributed by atoms with Gasteiger partial charge in [0.05, 0.1) is 5.56 Å². The Bertz CT molecular complexity index is 393. The Hall–Kier alpha value is -0.0600.